The summed E-state index contributed by atoms with van der Waals surface area (Å²) < 4.78 is 17.1. The standard InChI is InChI=1S/C14H24BO3S/c1-12(2,13(3,4)19)18-15-11-5-7-14(8-6-11)16-9-10-17-14/h5,19H,6-10H2,1-4H3. The summed E-state index contributed by atoms with van der Waals surface area (Å²) in [7, 11) is 1.87. The molecule has 19 heavy (non-hydrogen) atoms. The van der Waals surface area contributed by atoms with Gasteiger partial charge in [-0.15, -0.1) is 0 Å². The molecule has 1 saturated heterocycles. The zero-order chi connectivity index (χ0) is 14.1. The van der Waals surface area contributed by atoms with Crippen molar-refractivity contribution in [1.82, 2.24) is 0 Å². The Kier molecular flexibility index (Phi) is 4.41. The normalized spacial score (nSPS) is 23.5. The number of thiol groups is 1. The van der Waals surface area contributed by atoms with E-state index in [1.807, 2.05) is 7.48 Å². The van der Waals surface area contributed by atoms with Crippen LogP contribution in [-0.4, -0.2) is 36.8 Å². The van der Waals surface area contributed by atoms with E-state index in [9.17, 15) is 0 Å². The fraction of sp³-hybridized carbons (Fsp3) is 0.857. The van der Waals surface area contributed by atoms with E-state index >= 15 is 0 Å². The molecule has 1 spiro atoms. The van der Waals surface area contributed by atoms with Gasteiger partial charge in [-0.3, -0.25) is 0 Å². The van der Waals surface area contributed by atoms with Crippen molar-refractivity contribution in [3.63, 3.8) is 0 Å². The van der Waals surface area contributed by atoms with Gasteiger partial charge in [-0.1, -0.05) is 11.5 Å². The van der Waals surface area contributed by atoms with Crippen LogP contribution in [-0.2, 0) is 14.1 Å². The molecule has 0 bridgehead atoms. The maximum atomic E-state index is 5.93. The molecule has 0 unspecified atom stereocenters. The molecule has 1 aliphatic heterocycles. The fourth-order valence-corrected chi connectivity index (χ4v) is 2.11. The van der Waals surface area contributed by atoms with Crippen LogP contribution in [0.1, 0.15) is 47.0 Å². The summed E-state index contributed by atoms with van der Waals surface area (Å²) in [5.41, 5.74) is 0.905. The van der Waals surface area contributed by atoms with Crippen molar-refractivity contribution >= 4 is 20.1 Å². The third-order valence-electron chi connectivity index (χ3n) is 4.26. The summed E-state index contributed by atoms with van der Waals surface area (Å²) in [6.45, 7) is 9.67. The molecule has 2 aliphatic rings. The topological polar surface area (TPSA) is 27.7 Å². The lowest BCUT2D eigenvalue weighted by Crippen LogP contribution is -2.44. The van der Waals surface area contributed by atoms with E-state index in [-0.39, 0.29) is 16.1 Å². The summed E-state index contributed by atoms with van der Waals surface area (Å²) in [5, 5.41) is 0. The average molecular weight is 283 g/mol. The van der Waals surface area contributed by atoms with Gasteiger partial charge >= 0.3 is 7.48 Å². The smallest absolute Gasteiger partial charge is 0.326 e. The van der Waals surface area contributed by atoms with Crippen LogP contribution >= 0.6 is 12.6 Å². The van der Waals surface area contributed by atoms with Gasteiger partial charge in [-0.25, -0.2) is 0 Å². The van der Waals surface area contributed by atoms with Gasteiger partial charge in [0.25, 0.3) is 0 Å². The second-order valence-corrected chi connectivity index (χ2v) is 7.51. The molecule has 2 rings (SSSR count). The minimum atomic E-state index is -0.352. The second-order valence-electron chi connectivity index (χ2n) is 6.40. The van der Waals surface area contributed by atoms with Crippen LogP contribution in [0.5, 0.6) is 0 Å². The predicted molar refractivity (Wildman–Crippen MR) is 80.6 cm³/mol. The third kappa shape index (κ3) is 3.57. The highest BCUT2D eigenvalue weighted by molar-refractivity contribution is 7.81. The Balaban J connectivity index is 1.87. The lowest BCUT2D eigenvalue weighted by atomic mass is 9.76. The monoisotopic (exact) mass is 283 g/mol. The Morgan fingerprint density at radius 3 is 2.37 bits per heavy atom. The first-order valence-corrected chi connectivity index (χ1v) is 7.39. The first-order chi connectivity index (χ1) is 8.74. The quantitative estimate of drug-likeness (QED) is 0.635. The van der Waals surface area contributed by atoms with E-state index in [4.69, 9.17) is 14.1 Å². The molecule has 0 saturated carbocycles. The molecule has 5 heteroatoms. The molecule has 1 fully saturated rings. The van der Waals surface area contributed by atoms with Gasteiger partial charge in [0.15, 0.2) is 5.79 Å². The van der Waals surface area contributed by atoms with Gasteiger partial charge in [-0.05, 0) is 34.1 Å². The molecular weight excluding hydrogens is 259 g/mol. The van der Waals surface area contributed by atoms with Crippen molar-refractivity contribution in [2.45, 2.75) is 63.1 Å². The van der Waals surface area contributed by atoms with E-state index in [2.05, 4.69) is 46.4 Å². The maximum Gasteiger partial charge on any atom is 0.326 e. The number of ether oxygens (including phenoxy) is 2. The molecule has 107 valence electrons. The van der Waals surface area contributed by atoms with Crippen LogP contribution in [0.2, 0.25) is 0 Å². The Bertz CT molecular complexity index is 354. The minimum Gasteiger partial charge on any atom is -0.429 e. The molecule has 1 heterocycles. The summed E-state index contributed by atoms with van der Waals surface area (Å²) in [4.78, 5) is 0. The molecule has 0 atom stereocenters. The largest absolute Gasteiger partial charge is 0.429 e. The average Bonchev–Trinajstić information content (AvgIpc) is 2.76. The van der Waals surface area contributed by atoms with E-state index in [1.165, 1.54) is 5.47 Å². The lowest BCUT2D eigenvalue weighted by Gasteiger charge is -2.39. The highest BCUT2D eigenvalue weighted by Crippen LogP contribution is 2.36. The molecule has 0 aromatic rings. The van der Waals surface area contributed by atoms with E-state index in [0.717, 1.165) is 19.3 Å². The van der Waals surface area contributed by atoms with E-state index in [1.54, 1.807) is 0 Å². The van der Waals surface area contributed by atoms with Gasteiger partial charge < -0.3 is 14.1 Å². The molecule has 0 aromatic carbocycles. The zero-order valence-electron chi connectivity index (χ0n) is 12.4. The highest BCUT2D eigenvalue weighted by atomic mass is 32.1. The van der Waals surface area contributed by atoms with Crippen LogP contribution in [0.15, 0.2) is 11.5 Å². The summed E-state index contributed by atoms with van der Waals surface area (Å²) in [6.07, 6.45) is 4.82. The Morgan fingerprint density at radius 1 is 1.26 bits per heavy atom. The summed E-state index contributed by atoms with van der Waals surface area (Å²) in [6, 6.07) is 0. The van der Waals surface area contributed by atoms with Crippen molar-refractivity contribution in [3.05, 3.63) is 11.5 Å². The summed E-state index contributed by atoms with van der Waals surface area (Å²) >= 11 is 4.59. The Labute approximate surface area is 122 Å². The minimum absolute atomic E-state index is 0.197. The number of rotatable bonds is 4. The Morgan fingerprint density at radius 2 is 1.89 bits per heavy atom. The van der Waals surface area contributed by atoms with Crippen molar-refractivity contribution in [2.75, 3.05) is 13.2 Å². The van der Waals surface area contributed by atoms with Crippen LogP contribution in [0.3, 0.4) is 0 Å². The lowest BCUT2D eigenvalue weighted by molar-refractivity contribution is -0.161. The molecule has 1 aliphatic carbocycles. The van der Waals surface area contributed by atoms with Crippen LogP contribution in [0.25, 0.3) is 0 Å². The molecule has 3 nitrogen and oxygen atoms in total. The van der Waals surface area contributed by atoms with Gasteiger partial charge in [0.1, 0.15) is 0 Å². The number of hydrogen-bond donors (Lipinski definition) is 1. The SMILES string of the molecule is CC(C)(S)C(C)(C)O[B]C1=CCC2(CC1)OCCO2. The number of hydrogen-bond acceptors (Lipinski definition) is 4. The molecular formula is C14H24BO3S. The van der Waals surface area contributed by atoms with Crippen molar-refractivity contribution < 1.29 is 14.1 Å². The summed E-state index contributed by atoms with van der Waals surface area (Å²) in [5.74, 6) is -0.352. The molecule has 0 aromatic heterocycles. The van der Waals surface area contributed by atoms with Crippen LogP contribution in [0, 0.1) is 0 Å². The van der Waals surface area contributed by atoms with E-state index < -0.39 is 0 Å². The highest BCUT2D eigenvalue weighted by Gasteiger charge is 2.39. The van der Waals surface area contributed by atoms with Crippen molar-refractivity contribution in [3.8, 4) is 0 Å². The molecule has 0 amide bonds. The second kappa shape index (κ2) is 5.43. The molecule has 1 radical (unpaired) electrons. The predicted octanol–water partition coefficient (Wildman–Crippen LogP) is 2.92. The van der Waals surface area contributed by atoms with Gasteiger partial charge in [0.05, 0.1) is 18.8 Å². The number of allylic oxidation sites excluding steroid dienone is 1. The van der Waals surface area contributed by atoms with Crippen molar-refractivity contribution in [2.24, 2.45) is 0 Å². The zero-order valence-corrected chi connectivity index (χ0v) is 13.3. The van der Waals surface area contributed by atoms with Crippen molar-refractivity contribution in [1.29, 1.82) is 0 Å². The first-order valence-electron chi connectivity index (χ1n) is 6.95. The van der Waals surface area contributed by atoms with Gasteiger partial charge in [0, 0.05) is 17.6 Å². The fourth-order valence-electron chi connectivity index (χ4n) is 2.06. The van der Waals surface area contributed by atoms with E-state index in [0.29, 0.717) is 13.2 Å². The Hall–Kier alpha value is 0.0349. The van der Waals surface area contributed by atoms with Crippen LogP contribution < -0.4 is 0 Å². The van der Waals surface area contributed by atoms with Gasteiger partial charge in [0.2, 0.25) is 0 Å². The van der Waals surface area contributed by atoms with Crippen LogP contribution in [0.4, 0.5) is 0 Å². The molecule has 0 N–H and O–H groups in total. The third-order valence-corrected chi connectivity index (χ3v) is 4.80. The maximum absolute atomic E-state index is 5.93. The first kappa shape index (κ1) is 15.4. The van der Waals surface area contributed by atoms with Gasteiger partial charge in [-0.2, -0.15) is 12.6 Å².